The molecule has 1 aliphatic heterocycles. The standard InChI is InChI=1S/C16H28FN3O6SSi/c1-15(2,3)24-9-10-7-12(26-27(4,22)23)16(25-10,28(5)6)20-8-11(17)13(18)19-14(20)21/h8,10,12,28H,7,9H2,1-6H3,(H2,18,19,21)/t10-,12-,16-/m1/s1. The Kier molecular flexibility index (Phi) is 6.41. The van der Waals surface area contributed by atoms with E-state index in [0.29, 0.717) is 0 Å². The Morgan fingerprint density at radius 3 is 2.57 bits per heavy atom. The molecule has 1 aromatic heterocycles. The highest BCUT2D eigenvalue weighted by molar-refractivity contribution is 7.86. The molecule has 0 aliphatic carbocycles. The highest BCUT2D eigenvalue weighted by Gasteiger charge is 2.55. The van der Waals surface area contributed by atoms with Crippen LogP contribution in [0.3, 0.4) is 0 Å². The van der Waals surface area contributed by atoms with E-state index in [0.717, 1.165) is 17.0 Å². The van der Waals surface area contributed by atoms with Crippen LogP contribution in [0.15, 0.2) is 11.0 Å². The van der Waals surface area contributed by atoms with Gasteiger partial charge >= 0.3 is 5.69 Å². The molecule has 0 bridgehead atoms. The van der Waals surface area contributed by atoms with Crippen LogP contribution in [0.1, 0.15) is 27.2 Å². The summed E-state index contributed by atoms with van der Waals surface area (Å²) < 4.78 is 56.1. The van der Waals surface area contributed by atoms with Gasteiger partial charge < -0.3 is 15.2 Å². The Morgan fingerprint density at radius 2 is 2.07 bits per heavy atom. The molecule has 12 heteroatoms. The predicted octanol–water partition coefficient (Wildman–Crippen LogP) is 0.592. The first-order valence-electron chi connectivity index (χ1n) is 8.91. The number of nitrogen functional groups attached to an aromatic ring is 1. The maximum atomic E-state index is 14.1. The number of nitrogens with two attached hydrogens (primary N) is 1. The van der Waals surface area contributed by atoms with Crippen LogP contribution >= 0.6 is 0 Å². The lowest BCUT2D eigenvalue weighted by Crippen LogP contribution is -2.58. The molecule has 1 aliphatic rings. The summed E-state index contributed by atoms with van der Waals surface area (Å²) in [4.78, 5) is 16.0. The Labute approximate surface area is 165 Å². The molecule has 0 amide bonds. The summed E-state index contributed by atoms with van der Waals surface area (Å²) in [6.45, 7) is 9.50. The third-order valence-corrected chi connectivity index (χ3v) is 7.42. The zero-order valence-electron chi connectivity index (χ0n) is 16.9. The van der Waals surface area contributed by atoms with E-state index < -0.39 is 59.4 Å². The molecule has 0 unspecified atom stereocenters. The van der Waals surface area contributed by atoms with Crippen molar-refractivity contribution >= 4 is 24.7 Å². The average molecular weight is 438 g/mol. The summed E-state index contributed by atoms with van der Waals surface area (Å²) in [6.07, 6.45) is 0.415. The van der Waals surface area contributed by atoms with E-state index in [1.807, 2.05) is 33.9 Å². The van der Waals surface area contributed by atoms with Crippen molar-refractivity contribution < 1.29 is 26.5 Å². The number of hydrogen-bond donors (Lipinski definition) is 1. The Bertz CT molecular complexity index is 885. The second-order valence-corrected chi connectivity index (χ2v) is 13.0. The van der Waals surface area contributed by atoms with Crippen LogP contribution in [0.4, 0.5) is 10.2 Å². The summed E-state index contributed by atoms with van der Waals surface area (Å²) in [5, 5.41) is -1.46. The smallest absolute Gasteiger partial charge is 0.351 e. The van der Waals surface area contributed by atoms with Gasteiger partial charge in [0.15, 0.2) is 17.0 Å². The zero-order valence-corrected chi connectivity index (χ0v) is 18.9. The number of ether oxygens (including phenoxy) is 2. The largest absolute Gasteiger partial charge is 0.381 e. The maximum Gasteiger partial charge on any atom is 0.351 e. The van der Waals surface area contributed by atoms with Crippen molar-refractivity contribution in [3.8, 4) is 0 Å². The molecule has 3 atom stereocenters. The summed E-state index contributed by atoms with van der Waals surface area (Å²) in [5.41, 5.74) is 4.12. The van der Waals surface area contributed by atoms with Crippen molar-refractivity contribution in [3.63, 3.8) is 0 Å². The van der Waals surface area contributed by atoms with Crippen molar-refractivity contribution in [1.82, 2.24) is 9.55 Å². The molecule has 0 aromatic carbocycles. The third-order valence-electron chi connectivity index (χ3n) is 4.40. The Balaban J connectivity index is 2.56. The van der Waals surface area contributed by atoms with Crippen molar-refractivity contribution in [3.05, 3.63) is 22.5 Å². The van der Waals surface area contributed by atoms with E-state index in [1.165, 1.54) is 0 Å². The third kappa shape index (κ3) is 4.98. The van der Waals surface area contributed by atoms with Crippen LogP contribution in [-0.2, 0) is 29.1 Å². The number of nitrogens with zero attached hydrogens (tertiary/aromatic N) is 2. The van der Waals surface area contributed by atoms with Crippen LogP contribution in [-0.4, -0.2) is 57.4 Å². The van der Waals surface area contributed by atoms with E-state index in [1.54, 1.807) is 0 Å². The van der Waals surface area contributed by atoms with Gasteiger partial charge in [-0.05, 0) is 20.8 Å². The number of anilines is 1. The first-order chi connectivity index (χ1) is 12.7. The molecule has 2 rings (SSSR count). The fourth-order valence-corrected chi connectivity index (χ4v) is 6.15. The van der Waals surface area contributed by atoms with Gasteiger partial charge in [0.2, 0.25) is 0 Å². The van der Waals surface area contributed by atoms with Gasteiger partial charge in [0.05, 0.1) is 39.6 Å². The normalized spacial score (nSPS) is 26.1. The number of rotatable bonds is 6. The van der Waals surface area contributed by atoms with Gasteiger partial charge in [0, 0.05) is 6.42 Å². The molecule has 160 valence electrons. The first kappa shape index (κ1) is 22.9. The van der Waals surface area contributed by atoms with E-state index in [-0.39, 0.29) is 13.0 Å². The quantitative estimate of drug-likeness (QED) is 0.507. The Hall–Kier alpha value is -1.34. The number of hydrogen-bond acceptors (Lipinski definition) is 8. The maximum absolute atomic E-state index is 14.1. The van der Waals surface area contributed by atoms with E-state index in [2.05, 4.69) is 4.98 Å². The fraction of sp³-hybridized carbons (Fsp3) is 0.750. The topological polar surface area (TPSA) is 123 Å². The highest BCUT2D eigenvalue weighted by atomic mass is 32.2. The SMILES string of the molecule is C[SiH](C)[C@]1(n2cc(F)c(N)nc2=O)O[C@@H](COC(C)(C)C)C[C@H]1OS(C)(=O)=O. The van der Waals surface area contributed by atoms with Crippen molar-refractivity contribution in [2.75, 3.05) is 18.6 Å². The van der Waals surface area contributed by atoms with E-state index >= 15 is 0 Å². The minimum absolute atomic E-state index is 0.159. The predicted molar refractivity (Wildman–Crippen MR) is 105 cm³/mol. The van der Waals surface area contributed by atoms with Crippen LogP contribution < -0.4 is 11.4 Å². The summed E-state index contributed by atoms with van der Waals surface area (Å²) in [5.74, 6) is -1.43. The molecule has 2 heterocycles. The molecule has 0 spiro atoms. The first-order valence-corrected chi connectivity index (χ1v) is 13.6. The van der Waals surface area contributed by atoms with Crippen molar-refractivity contribution in [2.24, 2.45) is 0 Å². The lowest BCUT2D eigenvalue weighted by atomic mass is 10.1. The van der Waals surface area contributed by atoms with Crippen molar-refractivity contribution in [1.29, 1.82) is 0 Å². The second-order valence-electron chi connectivity index (χ2n) is 8.22. The highest BCUT2D eigenvalue weighted by Crippen LogP contribution is 2.40. The van der Waals surface area contributed by atoms with Gasteiger partial charge in [0.1, 0.15) is 6.10 Å². The van der Waals surface area contributed by atoms with Crippen LogP contribution in [0.2, 0.25) is 13.1 Å². The van der Waals surface area contributed by atoms with Gasteiger partial charge in [-0.2, -0.15) is 13.4 Å². The molecule has 0 saturated carbocycles. The van der Waals surface area contributed by atoms with Crippen molar-refractivity contribution in [2.45, 2.75) is 63.4 Å². The van der Waals surface area contributed by atoms with Gasteiger partial charge in [0.25, 0.3) is 10.1 Å². The van der Waals surface area contributed by atoms with Gasteiger partial charge in [-0.25, -0.2) is 9.18 Å². The molecule has 1 aromatic rings. The number of aromatic nitrogens is 2. The lowest BCUT2D eigenvalue weighted by molar-refractivity contribution is -0.115. The molecule has 1 saturated heterocycles. The minimum atomic E-state index is -3.87. The lowest BCUT2D eigenvalue weighted by Gasteiger charge is -2.38. The van der Waals surface area contributed by atoms with Gasteiger partial charge in [-0.15, -0.1) is 0 Å². The molecular weight excluding hydrogens is 409 g/mol. The summed E-state index contributed by atoms with van der Waals surface area (Å²) in [7, 11) is -5.93. The molecule has 0 radical (unpaired) electrons. The molecule has 2 N–H and O–H groups in total. The summed E-state index contributed by atoms with van der Waals surface area (Å²) in [6, 6.07) is 0. The van der Waals surface area contributed by atoms with Crippen LogP contribution in [0.5, 0.6) is 0 Å². The Morgan fingerprint density at radius 1 is 1.46 bits per heavy atom. The minimum Gasteiger partial charge on any atom is -0.381 e. The zero-order chi connectivity index (χ0) is 21.5. The van der Waals surface area contributed by atoms with E-state index in [9.17, 15) is 17.6 Å². The average Bonchev–Trinajstić information content (AvgIpc) is 2.86. The monoisotopic (exact) mass is 437 g/mol. The van der Waals surface area contributed by atoms with Gasteiger partial charge in [-0.1, -0.05) is 13.1 Å². The molecular formula is C16H28FN3O6SSi. The molecule has 1 fully saturated rings. The molecule has 28 heavy (non-hydrogen) atoms. The summed E-state index contributed by atoms with van der Waals surface area (Å²) >= 11 is 0. The fourth-order valence-electron chi connectivity index (χ4n) is 3.26. The van der Waals surface area contributed by atoms with Crippen LogP contribution in [0.25, 0.3) is 0 Å². The van der Waals surface area contributed by atoms with Crippen LogP contribution in [0, 0.1) is 5.82 Å². The second kappa shape index (κ2) is 7.82. The van der Waals surface area contributed by atoms with E-state index in [4.69, 9.17) is 19.4 Å². The van der Waals surface area contributed by atoms with Gasteiger partial charge in [-0.3, -0.25) is 8.75 Å². The molecule has 9 nitrogen and oxygen atoms in total. The number of halogens is 1.